The van der Waals surface area contributed by atoms with E-state index < -0.39 is 0 Å². The third-order valence-electron chi connectivity index (χ3n) is 6.42. The van der Waals surface area contributed by atoms with Gasteiger partial charge in [0.05, 0.1) is 29.3 Å². The van der Waals surface area contributed by atoms with Gasteiger partial charge < -0.3 is 9.64 Å². The number of fused-ring (bicyclic) bond motifs is 1. The Kier molecular flexibility index (Phi) is 7.01. The van der Waals surface area contributed by atoms with Crippen molar-refractivity contribution >= 4 is 45.9 Å². The van der Waals surface area contributed by atoms with Crippen molar-refractivity contribution in [2.24, 2.45) is 4.99 Å². The number of aryl methyl sites for hydroxylation is 1. The second-order valence-corrected chi connectivity index (χ2v) is 10.3. The SMILES string of the molecule is CCOCCN1C(=O)/C(=C\c2cc3c(cc2C)N(C)C(C)(C)C=C3C)SC1=Nc1ccccc1. The van der Waals surface area contributed by atoms with E-state index in [0.717, 1.165) is 16.8 Å². The molecule has 1 saturated heterocycles. The van der Waals surface area contributed by atoms with Crippen molar-refractivity contribution in [1.29, 1.82) is 0 Å². The first-order chi connectivity index (χ1) is 16.2. The van der Waals surface area contributed by atoms with E-state index in [4.69, 9.17) is 9.73 Å². The second kappa shape index (κ2) is 9.80. The fourth-order valence-corrected chi connectivity index (χ4v) is 5.33. The zero-order chi connectivity index (χ0) is 24.5. The van der Waals surface area contributed by atoms with Crippen molar-refractivity contribution in [3.8, 4) is 0 Å². The number of rotatable bonds is 6. The van der Waals surface area contributed by atoms with Gasteiger partial charge in [-0.05, 0) is 93.4 Å². The molecule has 0 saturated carbocycles. The summed E-state index contributed by atoms with van der Waals surface area (Å²) >= 11 is 1.43. The van der Waals surface area contributed by atoms with Crippen molar-refractivity contribution in [3.05, 3.63) is 70.1 Å². The number of ether oxygens (including phenoxy) is 1. The summed E-state index contributed by atoms with van der Waals surface area (Å²) in [4.78, 5) is 22.9. The smallest absolute Gasteiger partial charge is 0.266 e. The lowest BCUT2D eigenvalue weighted by atomic mass is 9.87. The third kappa shape index (κ3) is 4.84. The first-order valence-electron chi connectivity index (χ1n) is 11.7. The van der Waals surface area contributed by atoms with Crippen molar-refractivity contribution in [1.82, 2.24) is 4.90 Å². The Labute approximate surface area is 207 Å². The predicted molar refractivity (Wildman–Crippen MR) is 145 cm³/mol. The Bertz CT molecular complexity index is 1180. The van der Waals surface area contributed by atoms with Gasteiger partial charge >= 0.3 is 0 Å². The van der Waals surface area contributed by atoms with E-state index >= 15 is 0 Å². The number of anilines is 1. The van der Waals surface area contributed by atoms with Gasteiger partial charge in [-0.1, -0.05) is 24.3 Å². The van der Waals surface area contributed by atoms with Gasteiger partial charge in [-0.25, -0.2) is 4.99 Å². The Morgan fingerprint density at radius 1 is 1.15 bits per heavy atom. The fourth-order valence-electron chi connectivity index (χ4n) is 4.32. The topological polar surface area (TPSA) is 45.1 Å². The second-order valence-electron chi connectivity index (χ2n) is 9.26. The van der Waals surface area contributed by atoms with Crippen LogP contribution in [0.4, 0.5) is 11.4 Å². The number of aliphatic imine (C=N–C) groups is 1. The van der Waals surface area contributed by atoms with Gasteiger partial charge in [-0.15, -0.1) is 0 Å². The molecule has 2 aliphatic rings. The fraction of sp³-hybridized carbons (Fsp3) is 0.357. The summed E-state index contributed by atoms with van der Waals surface area (Å²) in [6.07, 6.45) is 4.31. The summed E-state index contributed by atoms with van der Waals surface area (Å²) in [6, 6.07) is 14.2. The molecular weight excluding hydrogens is 442 g/mol. The quantitative estimate of drug-likeness (QED) is 0.365. The van der Waals surface area contributed by atoms with Gasteiger partial charge in [0.2, 0.25) is 0 Å². The summed E-state index contributed by atoms with van der Waals surface area (Å²) in [5.41, 5.74) is 6.68. The highest BCUT2D eigenvalue weighted by molar-refractivity contribution is 8.18. The maximum Gasteiger partial charge on any atom is 0.266 e. The summed E-state index contributed by atoms with van der Waals surface area (Å²) in [5, 5.41) is 0.690. The molecule has 1 amide bonds. The van der Waals surface area contributed by atoms with Crippen molar-refractivity contribution in [2.75, 3.05) is 31.7 Å². The van der Waals surface area contributed by atoms with Gasteiger partial charge in [-0.2, -0.15) is 0 Å². The number of hydrogen-bond donors (Lipinski definition) is 0. The van der Waals surface area contributed by atoms with Gasteiger partial charge in [0.15, 0.2) is 5.17 Å². The number of likely N-dealkylation sites (N-methyl/N-ethyl adjacent to an activating group) is 1. The number of para-hydroxylation sites is 1. The summed E-state index contributed by atoms with van der Waals surface area (Å²) < 4.78 is 5.53. The van der Waals surface area contributed by atoms with Gasteiger partial charge in [0.1, 0.15) is 0 Å². The van der Waals surface area contributed by atoms with Crippen LogP contribution < -0.4 is 4.90 Å². The standard InChI is InChI=1S/C28H33N3O2S/c1-7-33-14-13-31-26(32)25(34-27(31)29-22-11-9-8-10-12-22)17-21-16-23-20(3)18-28(4,5)30(6)24(23)15-19(21)2/h8-12,15-18H,7,13-14H2,1-6H3/b25-17+,29-27?. The number of amides is 1. The van der Waals surface area contributed by atoms with E-state index in [1.54, 1.807) is 4.90 Å². The lowest BCUT2D eigenvalue weighted by Gasteiger charge is -2.41. The molecule has 178 valence electrons. The molecule has 0 aliphatic carbocycles. The summed E-state index contributed by atoms with van der Waals surface area (Å²) in [6.45, 7) is 12.3. The highest BCUT2D eigenvalue weighted by Crippen LogP contribution is 2.41. The van der Waals surface area contributed by atoms with E-state index in [1.165, 1.54) is 28.6 Å². The molecule has 0 spiro atoms. The van der Waals surface area contributed by atoms with Crippen molar-refractivity contribution in [3.63, 3.8) is 0 Å². The van der Waals surface area contributed by atoms with Crippen molar-refractivity contribution in [2.45, 2.75) is 40.2 Å². The molecule has 0 atom stereocenters. The Morgan fingerprint density at radius 2 is 1.88 bits per heavy atom. The molecule has 0 N–H and O–H groups in total. The number of carbonyl (C=O) groups excluding carboxylic acids is 1. The Balaban J connectivity index is 1.71. The Morgan fingerprint density at radius 3 is 2.59 bits per heavy atom. The number of benzene rings is 2. The first kappa shape index (κ1) is 24.3. The minimum absolute atomic E-state index is 0.0259. The van der Waals surface area contributed by atoms with E-state index in [2.05, 4.69) is 57.9 Å². The van der Waals surface area contributed by atoms with Gasteiger partial charge in [0.25, 0.3) is 5.91 Å². The molecule has 34 heavy (non-hydrogen) atoms. The molecule has 0 unspecified atom stereocenters. The summed E-state index contributed by atoms with van der Waals surface area (Å²) in [5.74, 6) is -0.0259. The van der Waals surface area contributed by atoms with E-state index in [-0.39, 0.29) is 11.4 Å². The maximum absolute atomic E-state index is 13.4. The highest BCUT2D eigenvalue weighted by Gasteiger charge is 2.34. The molecule has 6 heteroatoms. The van der Waals surface area contributed by atoms with Crippen LogP contribution in [0.15, 0.2) is 58.4 Å². The molecule has 0 bridgehead atoms. The average Bonchev–Trinajstić information content (AvgIpc) is 3.08. The molecule has 0 radical (unpaired) electrons. The van der Waals surface area contributed by atoms with Crippen molar-refractivity contribution < 1.29 is 9.53 Å². The van der Waals surface area contributed by atoms with Crippen LogP contribution in [0.5, 0.6) is 0 Å². The van der Waals surface area contributed by atoms with Crippen LogP contribution in [0, 0.1) is 6.92 Å². The van der Waals surface area contributed by atoms with E-state index in [1.807, 2.05) is 43.3 Å². The molecule has 1 fully saturated rings. The van der Waals surface area contributed by atoms with Crippen LogP contribution in [-0.2, 0) is 9.53 Å². The van der Waals surface area contributed by atoms with Crippen LogP contribution in [0.2, 0.25) is 0 Å². The molecule has 2 aromatic carbocycles. The van der Waals surface area contributed by atoms with Crippen LogP contribution in [0.1, 0.15) is 44.4 Å². The van der Waals surface area contributed by atoms with Crippen LogP contribution in [-0.4, -0.2) is 48.3 Å². The van der Waals surface area contributed by atoms with E-state index in [9.17, 15) is 4.79 Å². The monoisotopic (exact) mass is 475 g/mol. The molecule has 2 heterocycles. The number of amidine groups is 1. The number of hydrogen-bond acceptors (Lipinski definition) is 5. The molecule has 4 rings (SSSR count). The molecular formula is C28H33N3O2S. The largest absolute Gasteiger partial charge is 0.380 e. The molecule has 0 aromatic heterocycles. The number of thioether (sulfide) groups is 1. The zero-order valence-corrected chi connectivity index (χ0v) is 21.7. The lowest BCUT2D eigenvalue weighted by molar-refractivity contribution is -0.122. The lowest BCUT2D eigenvalue weighted by Crippen LogP contribution is -2.42. The average molecular weight is 476 g/mol. The first-order valence-corrected chi connectivity index (χ1v) is 12.5. The van der Waals surface area contributed by atoms with Crippen LogP contribution in [0.25, 0.3) is 11.6 Å². The molecule has 2 aromatic rings. The highest BCUT2D eigenvalue weighted by atomic mass is 32.2. The predicted octanol–water partition coefficient (Wildman–Crippen LogP) is 6.27. The maximum atomic E-state index is 13.4. The normalized spacial score (nSPS) is 19.7. The zero-order valence-electron chi connectivity index (χ0n) is 20.9. The van der Waals surface area contributed by atoms with Crippen LogP contribution >= 0.6 is 11.8 Å². The Hall–Kier alpha value is -2.83. The number of carbonyl (C=O) groups is 1. The third-order valence-corrected chi connectivity index (χ3v) is 7.43. The van der Waals surface area contributed by atoms with Gasteiger partial charge in [-0.3, -0.25) is 9.69 Å². The molecule has 5 nitrogen and oxygen atoms in total. The van der Waals surface area contributed by atoms with Gasteiger partial charge in [0, 0.05) is 24.9 Å². The van der Waals surface area contributed by atoms with Crippen LogP contribution in [0.3, 0.4) is 0 Å². The van der Waals surface area contributed by atoms with E-state index in [0.29, 0.717) is 29.8 Å². The molecule has 2 aliphatic heterocycles. The number of allylic oxidation sites excluding steroid dienone is 1. The number of nitrogens with zero attached hydrogens (tertiary/aromatic N) is 3. The minimum Gasteiger partial charge on any atom is -0.380 e. The summed E-state index contributed by atoms with van der Waals surface area (Å²) in [7, 11) is 2.14. The minimum atomic E-state index is -0.0371.